The average Bonchev–Trinajstić information content (AvgIpc) is 2.74. The van der Waals surface area contributed by atoms with Crippen LogP contribution in [0.3, 0.4) is 0 Å². The van der Waals surface area contributed by atoms with E-state index in [1.54, 1.807) is 0 Å². The fourth-order valence-electron chi connectivity index (χ4n) is 2.37. The van der Waals surface area contributed by atoms with Crippen molar-refractivity contribution in [2.45, 2.75) is 84.3 Å². The lowest BCUT2D eigenvalue weighted by atomic mass is 10.0. The van der Waals surface area contributed by atoms with Crippen LogP contribution < -0.4 is 5.32 Å². The van der Waals surface area contributed by atoms with E-state index in [1.165, 1.54) is 6.92 Å². The van der Waals surface area contributed by atoms with Crippen molar-refractivity contribution in [3.63, 3.8) is 0 Å². The first-order valence-electron chi connectivity index (χ1n) is 9.11. The third-order valence-electron chi connectivity index (χ3n) is 4.79. The molecule has 1 amide bonds. The van der Waals surface area contributed by atoms with E-state index in [4.69, 9.17) is 13.9 Å². The number of amides is 1. The Morgan fingerprint density at radius 2 is 1.65 bits per heavy atom. The van der Waals surface area contributed by atoms with Gasteiger partial charge in [0, 0.05) is 12.8 Å². The van der Waals surface area contributed by atoms with Gasteiger partial charge in [-0.15, -0.1) is 0 Å². The van der Waals surface area contributed by atoms with E-state index >= 15 is 0 Å². The van der Waals surface area contributed by atoms with E-state index in [1.807, 2.05) is 32.9 Å². The van der Waals surface area contributed by atoms with Crippen molar-refractivity contribution in [1.29, 1.82) is 0 Å². The number of ether oxygens (including phenoxy) is 2. The minimum atomic E-state index is -2.01. The van der Waals surface area contributed by atoms with Gasteiger partial charge in [-0.25, -0.2) is 4.79 Å². The SMILES string of the molecule is CC(=O)OC[C@H]1[C@@H](O[Si](C)(C)C(C)(C)C)C=C[C@H]1NC(=O)OC(C)(C)C. The number of alkyl carbamates (subject to hydrolysis) is 1. The van der Waals surface area contributed by atoms with Crippen molar-refractivity contribution in [1.82, 2.24) is 5.32 Å². The quantitative estimate of drug-likeness (QED) is 0.439. The summed E-state index contributed by atoms with van der Waals surface area (Å²) in [6.45, 7) is 17.9. The van der Waals surface area contributed by atoms with Gasteiger partial charge < -0.3 is 19.2 Å². The van der Waals surface area contributed by atoms with E-state index in [9.17, 15) is 9.59 Å². The van der Waals surface area contributed by atoms with Crippen LogP contribution in [0, 0.1) is 5.92 Å². The third-order valence-corrected chi connectivity index (χ3v) is 9.26. The maximum absolute atomic E-state index is 12.1. The molecule has 0 aliphatic heterocycles. The molecule has 0 aromatic carbocycles. The van der Waals surface area contributed by atoms with Crippen LogP contribution in [-0.2, 0) is 18.7 Å². The summed E-state index contributed by atoms with van der Waals surface area (Å²) in [6, 6.07) is -0.307. The summed E-state index contributed by atoms with van der Waals surface area (Å²) in [5, 5.41) is 2.92. The molecule has 3 atom stereocenters. The van der Waals surface area contributed by atoms with Gasteiger partial charge in [-0.1, -0.05) is 32.9 Å². The molecule has 0 radical (unpaired) electrons. The molecule has 0 aromatic heterocycles. The lowest BCUT2D eigenvalue weighted by Crippen LogP contribution is -2.49. The Kier molecular flexibility index (Phi) is 7.09. The highest BCUT2D eigenvalue weighted by Gasteiger charge is 2.43. The first-order valence-corrected chi connectivity index (χ1v) is 12.0. The van der Waals surface area contributed by atoms with E-state index in [0.29, 0.717) is 0 Å². The second-order valence-electron chi connectivity index (χ2n) is 9.37. The fourth-order valence-corrected chi connectivity index (χ4v) is 3.66. The molecule has 0 fully saturated rings. The number of hydrogen-bond acceptors (Lipinski definition) is 5. The molecule has 7 heteroatoms. The van der Waals surface area contributed by atoms with Crippen molar-refractivity contribution >= 4 is 20.4 Å². The molecule has 26 heavy (non-hydrogen) atoms. The Balaban J connectivity index is 2.87. The maximum atomic E-state index is 12.1. The summed E-state index contributed by atoms with van der Waals surface area (Å²) < 4.78 is 17.1. The van der Waals surface area contributed by atoms with Crippen molar-refractivity contribution in [2.75, 3.05) is 6.61 Å². The Bertz CT molecular complexity index is 545. The second-order valence-corrected chi connectivity index (χ2v) is 14.1. The van der Waals surface area contributed by atoms with Crippen molar-refractivity contribution in [3.8, 4) is 0 Å². The van der Waals surface area contributed by atoms with Crippen molar-refractivity contribution in [2.24, 2.45) is 5.92 Å². The minimum Gasteiger partial charge on any atom is -0.465 e. The molecule has 1 N–H and O–H groups in total. The second kappa shape index (κ2) is 8.13. The van der Waals surface area contributed by atoms with E-state index in [0.717, 1.165) is 0 Å². The van der Waals surface area contributed by atoms with Gasteiger partial charge in [0.15, 0.2) is 8.32 Å². The van der Waals surface area contributed by atoms with Gasteiger partial charge in [0.25, 0.3) is 0 Å². The highest BCUT2D eigenvalue weighted by molar-refractivity contribution is 6.74. The molecule has 0 spiro atoms. The molecule has 0 bridgehead atoms. The smallest absolute Gasteiger partial charge is 0.408 e. The Labute approximate surface area is 158 Å². The van der Waals surface area contributed by atoms with Crippen LogP contribution in [0.15, 0.2) is 12.2 Å². The number of nitrogens with one attached hydrogen (secondary N) is 1. The lowest BCUT2D eigenvalue weighted by Gasteiger charge is -2.40. The molecule has 1 rings (SSSR count). The molecule has 6 nitrogen and oxygen atoms in total. The average molecular weight is 386 g/mol. The van der Waals surface area contributed by atoms with Gasteiger partial charge in [0.05, 0.1) is 18.8 Å². The van der Waals surface area contributed by atoms with Gasteiger partial charge in [-0.3, -0.25) is 4.79 Å². The molecule has 150 valence electrons. The van der Waals surface area contributed by atoms with Crippen LogP contribution in [0.2, 0.25) is 18.1 Å². The van der Waals surface area contributed by atoms with Crippen LogP contribution in [0.5, 0.6) is 0 Å². The molecule has 0 heterocycles. The standard InChI is InChI=1S/C19H35NO5Si/c1-13(21)23-12-14-15(20-17(22)24-18(2,3)4)10-11-16(14)25-26(8,9)19(5,6)7/h10-11,14-16H,12H2,1-9H3,(H,20,22)/t14-,15-,16+/m1/s1. The zero-order valence-electron chi connectivity index (χ0n) is 17.6. The van der Waals surface area contributed by atoms with E-state index in [-0.39, 0.29) is 35.7 Å². The lowest BCUT2D eigenvalue weighted by molar-refractivity contribution is -0.143. The van der Waals surface area contributed by atoms with Gasteiger partial charge in [0.2, 0.25) is 0 Å². The predicted octanol–water partition coefficient (Wildman–Crippen LogP) is 4.02. The van der Waals surface area contributed by atoms with Gasteiger partial charge in [0.1, 0.15) is 5.60 Å². The van der Waals surface area contributed by atoms with Gasteiger partial charge in [-0.05, 0) is 38.9 Å². The highest BCUT2D eigenvalue weighted by atomic mass is 28.4. The minimum absolute atomic E-state index is 0.0590. The molecule has 1 aliphatic rings. The van der Waals surface area contributed by atoms with Crippen molar-refractivity contribution in [3.05, 3.63) is 12.2 Å². The highest BCUT2D eigenvalue weighted by Crippen LogP contribution is 2.39. The normalized spacial score (nSPS) is 23.7. The third kappa shape index (κ3) is 6.76. The predicted molar refractivity (Wildman–Crippen MR) is 104 cm³/mol. The summed E-state index contributed by atoms with van der Waals surface area (Å²) >= 11 is 0. The molecule has 0 unspecified atom stereocenters. The van der Waals surface area contributed by atoms with Crippen LogP contribution in [0.1, 0.15) is 48.5 Å². The van der Waals surface area contributed by atoms with Gasteiger partial charge in [-0.2, -0.15) is 0 Å². The maximum Gasteiger partial charge on any atom is 0.408 e. The Morgan fingerprint density at radius 3 is 2.12 bits per heavy atom. The Hall–Kier alpha value is -1.34. The van der Waals surface area contributed by atoms with Crippen LogP contribution in [0.25, 0.3) is 0 Å². The molecular formula is C19H35NO5Si. The number of hydrogen-bond donors (Lipinski definition) is 1. The first kappa shape index (κ1) is 22.7. The Morgan fingerprint density at radius 1 is 1.08 bits per heavy atom. The number of carbonyl (C=O) groups excluding carboxylic acids is 2. The number of esters is 1. The topological polar surface area (TPSA) is 73.9 Å². The summed E-state index contributed by atoms with van der Waals surface area (Å²) in [7, 11) is -2.01. The van der Waals surface area contributed by atoms with E-state index in [2.05, 4.69) is 39.2 Å². The summed E-state index contributed by atoms with van der Waals surface area (Å²) in [5.41, 5.74) is -0.575. The van der Waals surface area contributed by atoms with Crippen molar-refractivity contribution < 1.29 is 23.5 Å². The zero-order chi connectivity index (χ0) is 20.3. The number of rotatable bonds is 5. The summed E-state index contributed by atoms with van der Waals surface area (Å²) in [4.78, 5) is 23.4. The van der Waals surface area contributed by atoms with Crippen LogP contribution in [-0.4, -0.2) is 44.7 Å². The summed E-state index contributed by atoms with van der Waals surface area (Å²) in [6.07, 6.45) is 3.15. The molecular weight excluding hydrogens is 350 g/mol. The largest absolute Gasteiger partial charge is 0.465 e. The van der Waals surface area contributed by atoms with Crippen LogP contribution in [0.4, 0.5) is 4.79 Å². The number of carbonyl (C=O) groups is 2. The first-order chi connectivity index (χ1) is 11.6. The molecule has 0 saturated carbocycles. The monoisotopic (exact) mass is 385 g/mol. The fraction of sp³-hybridized carbons (Fsp3) is 0.789. The summed E-state index contributed by atoms with van der Waals surface area (Å²) in [5.74, 6) is -0.528. The molecule has 1 aliphatic carbocycles. The van der Waals surface area contributed by atoms with Crippen LogP contribution >= 0.6 is 0 Å². The zero-order valence-corrected chi connectivity index (χ0v) is 18.6. The molecule has 0 aromatic rings. The van der Waals surface area contributed by atoms with E-state index < -0.39 is 20.0 Å². The van der Waals surface area contributed by atoms with Gasteiger partial charge >= 0.3 is 12.1 Å². The molecule has 0 saturated heterocycles.